The van der Waals surface area contributed by atoms with Gasteiger partial charge in [0.15, 0.2) is 0 Å². The van der Waals surface area contributed by atoms with Crippen molar-refractivity contribution in [2.24, 2.45) is 5.73 Å². The van der Waals surface area contributed by atoms with Gasteiger partial charge in [0.2, 0.25) is 0 Å². The van der Waals surface area contributed by atoms with Crippen LogP contribution >= 0.6 is 12.2 Å². The van der Waals surface area contributed by atoms with E-state index in [0.717, 1.165) is 17.1 Å². The zero-order chi connectivity index (χ0) is 13.8. The summed E-state index contributed by atoms with van der Waals surface area (Å²) in [5, 5.41) is 3.31. The SMILES string of the molecule is CN(C)c1cccc(Nc2ccnc(C(N)=S)c2)c1. The molecule has 98 valence electrons. The lowest BCUT2D eigenvalue weighted by atomic mass is 10.2. The highest BCUT2D eigenvalue weighted by Crippen LogP contribution is 2.21. The Balaban J connectivity index is 2.23. The Labute approximate surface area is 118 Å². The summed E-state index contributed by atoms with van der Waals surface area (Å²) < 4.78 is 0. The van der Waals surface area contributed by atoms with Crippen LogP contribution in [0.1, 0.15) is 5.69 Å². The van der Waals surface area contributed by atoms with Crippen molar-refractivity contribution in [2.45, 2.75) is 0 Å². The lowest BCUT2D eigenvalue weighted by molar-refractivity contribution is 1.13. The lowest BCUT2D eigenvalue weighted by Gasteiger charge is -2.14. The van der Waals surface area contributed by atoms with Gasteiger partial charge in [-0.3, -0.25) is 4.98 Å². The molecule has 0 spiro atoms. The number of thiocarbonyl (C=S) groups is 1. The van der Waals surface area contributed by atoms with Crippen molar-refractivity contribution >= 4 is 34.3 Å². The van der Waals surface area contributed by atoms with Crippen LogP contribution in [0.3, 0.4) is 0 Å². The number of benzene rings is 1. The summed E-state index contributed by atoms with van der Waals surface area (Å²) in [4.78, 5) is 6.46. The fourth-order valence-corrected chi connectivity index (χ4v) is 1.78. The van der Waals surface area contributed by atoms with Gasteiger partial charge in [0.25, 0.3) is 0 Å². The van der Waals surface area contributed by atoms with Gasteiger partial charge in [0.1, 0.15) is 4.99 Å². The van der Waals surface area contributed by atoms with Gasteiger partial charge < -0.3 is 16.0 Å². The van der Waals surface area contributed by atoms with Crippen LogP contribution in [-0.2, 0) is 0 Å². The topological polar surface area (TPSA) is 54.2 Å². The van der Waals surface area contributed by atoms with Gasteiger partial charge in [0.05, 0.1) is 5.69 Å². The summed E-state index contributed by atoms with van der Waals surface area (Å²) in [5.41, 5.74) is 9.24. The minimum absolute atomic E-state index is 0.297. The Morgan fingerprint density at radius 2 is 1.95 bits per heavy atom. The summed E-state index contributed by atoms with van der Waals surface area (Å²) in [7, 11) is 4.02. The van der Waals surface area contributed by atoms with Gasteiger partial charge >= 0.3 is 0 Å². The van der Waals surface area contributed by atoms with Gasteiger partial charge in [-0.15, -0.1) is 0 Å². The number of nitrogens with zero attached hydrogens (tertiary/aromatic N) is 2. The Hall–Kier alpha value is -2.14. The number of hydrogen-bond acceptors (Lipinski definition) is 4. The summed E-state index contributed by atoms with van der Waals surface area (Å²) in [6, 6.07) is 11.9. The van der Waals surface area contributed by atoms with E-state index in [4.69, 9.17) is 18.0 Å². The molecule has 0 unspecified atom stereocenters. The van der Waals surface area contributed by atoms with Crippen molar-refractivity contribution in [1.82, 2.24) is 4.98 Å². The van der Waals surface area contributed by atoms with Crippen LogP contribution < -0.4 is 16.0 Å². The van der Waals surface area contributed by atoms with E-state index in [1.54, 1.807) is 6.20 Å². The van der Waals surface area contributed by atoms with E-state index < -0.39 is 0 Å². The number of aromatic nitrogens is 1. The molecular formula is C14H16N4S. The van der Waals surface area contributed by atoms with Crippen molar-refractivity contribution in [2.75, 3.05) is 24.3 Å². The molecule has 0 saturated heterocycles. The van der Waals surface area contributed by atoms with Crippen LogP contribution in [0.15, 0.2) is 42.6 Å². The average molecular weight is 272 g/mol. The van der Waals surface area contributed by atoms with Crippen molar-refractivity contribution in [1.29, 1.82) is 0 Å². The van der Waals surface area contributed by atoms with Crippen molar-refractivity contribution in [3.05, 3.63) is 48.3 Å². The zero-order valence-electron chi connectivity index (χ0n) is 10.9. The van der Waals surface area contributed by atoms with Gasteiger partial charge in [-0.25, -0.2) is 0 Å². The monoisotopic (exact) mass is 272 g/mol. The minimum Gasteiger partial charge on any atom is -0.388 e. The number of rotatable bonds is 4. The summed E-state index contributed by atoms with van der Waals surface area (Å²) in [6.07, 6.45) is 1.69. The first-order chi connectivity index (χ1) is 9.06. The second kappa shape index (κ2) is 5.67. The molecule has 1 aromatic heterocycles. The molecule has 0 saturated carbocycles. The molecule has 19 heavy (non-hydrogen) atoms. The highest BCUT2D eigenvalue weighted by atomic mass is 32.1. The molecular weight excluding hydrogens is 256 g/mol. The second-order valence-corrected chi connectivity index (χ2v) is 4.80. The first-order valence-corrected chi connectivity index (χ1v) is 6.27. The summed E-state index contributed by atoms with van der Waals surface area (Å²) in [5.74, 6) is 0. The number of anilines is 3. The first kappa shape index (κ1) is 13.3. The molecule has 4 nitrogen and oxygen atoms in total. The fraction of sp³-hybridized carbons (Fsp3) is 0.143. The third-order valence-electron chi connectivity index (χ3n) is 2.66. The molecule has 1 aromatic carbocycles. The van der Waals surface area contributed by atoms with E-state index in [0.29, 0.717) is 10.7 Å². The molecule has 0 aliphatic rings. The summed E-state index contributed by atoms with van der Waals surface area (Å²) >= 11 is 4.92. The molecule has 0 radical (unpaired) electrons. The molecule has 0 atom stereocenters. The number of nitrogens with two attached hydrogens (primary N) is 1. The molecule has 2 aromatic rings. The van der Waals surface area contributed by atoms with Crippen LogP contribution in [0.4, 0.5) is 17.1 Å². The van der Waals surface area contributed by atoms with Crippen LogP contribution in [0, 0.1) is 0 Å². The average Bonchev–Trinajstić information content (AvgIpc) is 2.39. The molecule has 0 aliphatic carbocycles. The van der Waals surface area contributed by atoms with Crippen molar-refractivity contribution in [3.63, 3.8) is 0 Å². The quantitative estimate of drug-likeness (QED) is 0.838. The van der Waals surface area contributed by atoms with Gasteiger partial charge in [-0.2, -0.15) is 0 Å². The van der Waals surface area contributed by atoms with Crippen LogP contribution in [0.25, 0.3) is 0 Å². The van der Waals surface area contributed by atoms with E-state index in [-0.39, 0.29) is 0 Å². The first-order valence-electron chi connectivity index (χ1n) is 5.86. The standard InChI is InChI=1S/C14H16N4S/c1-18(2)12-5-3-4-10(8-12)17-11-6-7-16-13(9-11)14(15)19/h3-9H,1-2H3,(H2,15,19)(H,16,17). The predicted octanol–water partition coefficient (Wildman–Crippen LogP) is 2.53. The fourth-order valence-electron chi connectivity index (χ4n) is 1.67. The normalized spacial score (nSPS) is 10.0. The van der Waals surface area contributed by atoms with Gasteiger partial charge in [-0.1, -0.05) is 18.3 Å². The van der Waals surface area contributed by atoms with E-state index in [1.807, 2.05) is 38.4 Å². The van der Waals surface area contributed by atoms with Crippen molar-refractivity contribution in [3.8, 4) is 0 Å². The molecule has 1 heterocycles. The van der Waals surface area contributed by atoms with Crippen LogP contribution in [-0.4, -0.2) is 24.1 Å². The molecule has 0 amide bonds. The molecule has 0 bridgehead atoms. The lowest BCUT2D eigenvalue weighted by Crippen LogP contribution is -2.11. The highest BCUT2D eigenvalue weighted by Gasteiger charge is 2.02. The van der Waals surface area contributed by atoms with E-state index in [9.17, 15) is 0 Å². The Morgan fingerprint density at radius 3 is 2.63 bits per heavy atom. The number of hydrogen-bond donors (Lipinski definition) is 2. The summed E-state index contributed by atoms with van der Waals surface area (Å²) in [6.45, 7) is 0. The molecule has 5 heteroatoms. The van der Waals surface area contributed by atoms with Crippen molar-refractivity contribution < 1.29 is 0 Å². The Bertz CT molecular complexity index is 596. The van der Waals surface area contributed by atoms with E-state index in [2.05, 4.69) is 27.3 Å². The molecule has 0 aliphatic heterocycles. The van der Waals surface area contributed by atoms with Crippen LogP contribution in [0.2, 0.25) is 0 Å². The van der Waals surface area contributed by atoms with E-state index in [1.165, 1.54) is 0 Å². The maximum Gasteiger partial charge on any atom is 0.122 e. The van der Waals surface area contributed by atoms with Gasteiger partial charge in [-0.05, 0) is 30.3 Å². The van der Waals surface area contributed by atoms with Crippen LogP contribution in [0.5, 0.6) is 0 Å². The zero-order valence-corrected chi connectivity index (χ0v) is 11.7. The molecule has 2 rings (SSSR count). The third-order valence-corrected chi connectivity index (χ3v) is 2.87. The maximum absolute atomic E-state index is 5.57. The second-order valence-electron chi connectivity index (χ2n) is 4.36. The van der Waals surface area contributed by atoms with E-state index >= 15 is 0 Å². The number of nitrogens with one attached hydrogen (secondary N) is 1. The maximum atomic E-state index is 5.57. The molecule has 3 N–H and O–H groups in total. The number of pyridine rings is 1. The Kier molecular flexibility index (Phi) is 3.97. The highest BCUT2D eigenvalue weighted by molar-refractivity contribution is 7.80. The smallest absolute Gasteiger partial charge is 0.122 e. The predicted molar refractivity (Wildman–Crippen MR) is 84.2 cm³/mol. The third kappa shape index (κ3) is 3.42. The molecule has 0 fully saturated rings. The Morgan fingerprint density at radius 1 is 1.21 bits per heavy atom. The van der Waals surface area contributed by atoms with Gasteiger partial charge in [0, 0.05) is 37.4 Å². The minimum atomic E-state index is 0.297. The largest absolute Gasteiger partial charge is 0.388 e.